The van der Waals surface area contributed by atoms with Gasteiger partial charge < -0.3 is 0 Å². The first-order chi connectivity index (χ1) is 7.74. The van der Waals surface area contributed by atoms with Crippen molar-refractivity contribution in [3.05, 3.63) is 18.0 Å². The molecule has 1 aromatic rings. The number of carbonyl (C=O) groups excluding carboxylic acids is 1. The molecule has 4 heteroatoms. The summed E-state index contributed by atoms with van der Waals surface area (Å²) < 4.78 is 1.72. The van der Waals surface area contributed by atoms with Crippen molar-refractivity contribution in [2.24, 2.45) is 5.92 Å². The van der Waals surface area contributed by atoms with E-state index in [0.717, 1.165) is 13.0 Å². The molecule has 0 N–H and O–H groups in total. The molecule has 4 nitrogen and oxygen atoms in total. The zero-order chi connectivity index (χ0) is 12.0. The lowest BCUT2D eigenvalue weighted by molar-refractivity contribution is 0.0907. The SMILES string of the molecule is CCCn1nccc1C(=O)C(CC)CC#N. The van der Waals surface area contributed by atoms with Gasteiger partial charge in [-0.15, -0.1) is 0 Å². The summed E-state index contributed by atoms with van der Waals surface area (Å²) in [6, 6.07) is 3.80. The Bertz CT molecular complexity index is 389. The molecule has 0 saturated carbocycles. The summed E-state index contributed by atoms with van der Waals surface area (Å²) in [6.07, 6.45) is 3.56. The first-order valence-corrected chi connectivity index (χ1v) is 5.67. The van der Waals surface area contributed by atoms with E-state index in [4.69, 9.17) is 5.26 Å². The van der Waals surface area contributed by atoms with E-state index in [1.807, 2.05) is 13.8 Å². The molecule has 16 heavy (non-hydrogen) atoms. The van der Waals surface area contributed by atoms with Gasteiger partial charge in [0.1, 0.15) is 5.69 Å². The quantitative estimate of drug-likeness (QED) is 0.690. The minimum atomic E-state index is -0.197. The van der Waals surface area contributed by atoms with Gasteiger partial charge in [-0.25, -0.2) is 0 Å². The van der Waals surface area contributed by atoms with Crippen LogP contribution in [0.3, 0.4) is 0 Å². The Kier molecular flexibility index (Phi) is 4.71. The second kappa shape index (κ2) is 6.06. The molecule has 1 atom stereocenters. The van der Waals surface area contributed by atoms with Crippen LogP contribution in [-0.4, -0.2) is 15.6 Å². The molecular weight excluding hydrogens is 202 g/mol. The zero-order valence-electron chi connectivity index (χ0n) is 9.81. The molecule has 0 aliphatic rings. The maximum Gasteiger partial charge on any atom is 0.184 e. The number of nitrogens with zero attached hydrogens (tertiary/aromatic N) is 3. The van der Waals surface area contributed by atoms with Crippen LogP contribution in [0.1, 0.15) is 43.6 Å². The highest BCUT2D eigenvalue weighted by Gasteiger charge is 2.21. The van der Waals surface area contributed by atoms with E-state index in [1.54, 1.807) is 16.9 Å². The Hall–Kier alpha value is -1.63. The van der Waals surface area contributed by atoms with Crippen molar-refractivity contribution in [2.75, 3.05) is 0 Å². The molecule has 0 bridgehead atoms. The van der Waals surface area contributed by atoms with Crippen LogP contribution in [0.5, 0.6) is 0 Å². The van der Waals surface area contributed by atoms with Crippen molar-refractivity contribution in [2.45, 2.75) is 39.7 Å². The fourth-order valence-corrected chi connectivity index (χ4v) is 1.67. The second-order valence-corrected chi connectivity index (χ2v) is 3.77. The summed E-state index contributed by atoms with van der Waals surface area (Å²) in [5.74, 6) is -0.160. The topological polar surface area (TPSA) is 58.7 Å². The molecule has 0 amide bonds. The van der Waals surface area contributed by atoms with Crippen molar-refractivity contribution in [1.29, 1.82) is 5.26 Å². The summed E-state index contributed by atoms with van der Waals surface area (Å²) in [5.41, 5.74) is 0.629. The number of aryl methyl sites for hydroxylation is 1. The maximum absolute atomic E-state index is 12.1. The van der Waals surface area contributed by atoms with Gasteiger partial charge >= 0.3 is 0 Å². The minimum Gasteiger partial charge on any atom is -0.292 e. The highest BCUT2D eigenvalue weighted by atomic mass is 16.1. The van der Waals surface area contributed by atoms with Crippen LogP contribution < -0.4 is 0 Å². The number of Topliss-reactive ketones (excluding diaryl/α,β-unsaturated/α-hetero) is 1. The predicted molar refractivity (Wildman–Crippen MR) is 60.9 cm³/mol. The molecular formula is C12H17N3O. The lowest BCUT2D eigenvalue weighted by Crippen LogP contribution is -2.18. The van der Waals surface area contributed by atoms with Gasteiger partial charge in [-0.3, -0.25) is 9.48 Å². The van der Waals surface area contributed by atoms with Gasteiger partial charge in [0.05, 0.1) is 6.07 Å². The highest BCUT2D eigenvalue weighted by Crippen LogP contribution is 2.15. The number of aromatic nitrogens is 2. The van der Waals surface area contributed by atoms with Gasteiger partial charge in [-0.2, -0.15) is 10.4 Å². The van der Waals surface area contributed by atoms with Crippen molar-refractivity contribution in [3.63, 3.8) is 0 Å². The van der Waals surface area contributed by atoms with Crippen LogP contribution in [-0.2, 0) is 6.54 Å². The molecule has 0 fully saturated rings. The molecule has 0 spiro atoms. The summed E-state index contributed by atoms with van der Waals surface area (Å²) in [4.78, 5) is 12.1. The normalized spacial score (nSPS) is 12.1. The summed E-state index contributed by atoms with van der Waals surface area (Å²) in [5, 5.41) is 12.8. The van der Waals surface area contributed by atoms with Crippen LogP contribution in [0.4, 0.5) is 0 Å². The van der Waals surface area contributed by atoms with Crippen molar-refractivity contribution >= 4 is 5.78 Å². The molecule has 0 radical (unpaired) electrons. The Morgan fingerprint density at radius 2 is 2.38 bits per heavy atom. The number of nitriles is 1. The number of hydrogen-bond donors (Lipinski definition) is 0. The lowest BCUT2D eigenvalue weighted by Gasteiger charge is -2.11. The monoisotopic (exact) mass is 219 g/mol. The van der Waals surface area contributed by atoms with E-state index < -0.39 is 0 Å². The Balaban J connectivity index is 2.86. The third-order valence-electron chi connectivity index (χ3n) is 2.61. The first-order valence-electron chi connectivity index (χ1n) is 5.67. The summed E-state index contributed by atoms with van der Waals surface area (Å²) in [6.45, 7) is 4.72. The van der Waals surface area contributed by atoms with Gasteiger partial charge in [0.15, 0.2) is 5.78 Å². The number of carbonyl (C=O) groups is 1. The largest absolute Gasteiger partial charge is 0.292 e. The summed E-state index contributed by atoms with van der Waals surface area (Å²) >= 11 is 0. The van der Waals surface area contributed by atoms with Gasteiger partial charge in [-0.1, -0.05) is 13.8 Å². The van der Waals surface area contributed by atoms with Gasteiger partial charge in [-0.05, 0) is 18.9 Å². The molecule has 0 aromatic carbocycles. The Morgan fingerprint density at radius 3 is 2.94 bits per heavy atom. The molecule has 1 heterocycles. The third kappa shape index (κ3) is 2.69. The van der Waals surface area contributed by atoms with E-state index in [1.165, 1.54) is 0 Å². The highest BCUT2D eigenvalue weighted by molar-refractivity contribution is 5.96. The van der Waals surface area contributed by atoms with E-state index in [-0.39, 0.29) is 18.1 Å². The molecule has 0 aliphatic carbocycles. The first kappa shape index (κ1) is 12.4. The van der Waals surface area contributed by atoms with Gasteiger partial charge in [0, 0.05) is 25.1 Å². The van der Waals surface area contributed by atoms with Crippen LogP contribution in [0.15, 0.2) is 12.3 Å². The molecule has 0 saturated heterocycles. The van der Waals surface area contributed by atoms with Crippen LogP contribution in [0, 0.1) is 17.2 Å². The van der Waals surface area contributed by atoms with Crippen LogP contribution in [0.2, 0.25) is 0 Å². The maximum atomic E-state index is 12.1. The van der Waals surface area contributed by atoms with Crippen molar-refractivity contribution in [3.8, 4) is 6.07 Å². The van der Waals surface area contributed by atoms with Crippen LogP contribution >= 0.6 is 0 Å². The third-order valence-corrected chi connectivity index (χ3v) is 2.61. The van der Waals surface area contributed by atoms with Gasteiger partial charge in [0.2, 0.25) is 0 Å². The fraction of sp³-hybridized carbons (Fsp3) is 0.583. The van der Waals surface area contributed by atoms with Crippen LogP contribution in [0.25, 0.3) is 0 Å². The fourth-order valence-electron chi connectivity index (χ4n) is 1.67. The number of rotatable bonds is 6. The average Bonchev–Trinajstić information content (AvgIpc) is 2.73. The van der Waals surface area contributed by atoms with E-state index >= 15 is 0 Å². The summed E-state index contributed by atoms with van der Waals surface area (Å²) in [7, 11) is 0. The minimum absolute atomic E-state index is 0.0370. The predicted octanol–water partition coefficient (Wildman–Crippen LogP) is 2.42. The van der Waals surface area contributed by atoms with E-state index in [0.29, 0.717) is 12.1 Å². The molecule has 0 aliphatic heterocycles. The Morgan fingerprint density at radius 1 is 1.62 bits per heavy atom. The number of ketones is 1. The standard InChI is InChI=1S/C12H17N3O/c1-3-9-15-11(6-8-14-15)12(16)10(4-2)5-7-13/h6,8,10H,3-5,9H2,1-2H3. The second-order valence-electron chi connectivity index (χ2n) is 3.77. The molecule has 86 valence electrons. The lowest BCUT2D eigenvalue weighted by atomic mass is 9.96. The molecule has 1 unspecified atom stereocenters. The average molecular weight is 219 g/mol. The van der Waals surface area contributed by atoms with Crippen molar-refractivity contribution < 1.29 is 4.79 Å². The zero-order valence-corrected chi connectivity index (χ0v) is 9.81. The molecule has 1 aromatic heterocycles. The molecule has 1 rings (SSSR count). The van der Waals surface area contributed by atoms with E-state index in [2.05, 4.69) is 11.2 Å². The number of hydrogen-bond acceptors (Lipinski definition) is 3. The Labute approximate surface area is 95.9 Å². The van der Waals surface area contributed by atoms with Gasteiger partial charge in [0.25, 0.3) is 0 Å². The van der Waals surface area contributed by atoms with E-state index in [9.17, 15) is 4.79 Å². The van der Waals surface area contributed by atoms with Crippen molar-refractivity contribution in [1.82, 2.24) is 9.78 Å². The smallest absolute Gasteiger partial charge is 0.184 e.